The Morgan fingerprint density at radius 1 is 1.32 bits per heavy atom. The van der Waals surface area contributed by atoms with Crippen molar-refractivity contribution in [1.82, 2.24) is 15.1 Å². The summed E-state index contributed by atoms with van der Waals surface area (Å²) in [7, 11) is 0. The molecule has 4 nitrogen and oxygen atoms in total. The first-order chi connectivity index (χ1) is 10.4. The van der Waals surface area contributed by atoms with E-state index >= 15 is 0 Å². The highest BCUT2D eigenvalue weighted by Gasteiger charge is 2.12. The van der Waals surface area contributed by atoms with Crippen LogP contribution in [0.3, 0.4) is 0 Å². The molecule has 1 aromatic heterocycles. The summed E-state index contributed by atoms with van der Waals surface area (Å²) in [6.45, 7) is 7.93. The van der Waals surface area contributed by atoms with E-state index in [9.17, 15) is 4.79 Å². The number of amides is 1. The topological polar surface area (TPSA) is 46.9 Å². The Kier molecular flexibility index (Phi) is 5.24. The highest BCUT2D eigenvalue weighted by atomic mass is 35.5. The maximum absolute atomic E-state index is 12.1. The number of carbonyl (C=O) groups excluding carboxylic acids is 1. The molecule has 1 amide bonds. The molecule has 1 aromatic carbocycles. The van der Waals surface area contributed by atoms with Crippen molar-refractivity contribution >= 4 is 17.5 Å². The summed E-state index contributed by atoms with van der Waals surface area (Å²) < 4.78 is 1.79. The van der Waals surface area contributed by atoms with Gasteiger partial charge in [0.25, 0.3) is 5.91 Å². The average Bonchev–Trinajstić information content (AvgIpc) is 2.75. The standard InChI is InChI=1S/C17H22ClN3O/c1-5-6-11(2)19-17(22)14-7-9-15(10-8-14)21-13(4)16(18)12(3)20-21/h7-11H,5-6H2,1-4H3,(H,19,22). The van der Waals surface area contributed by atoms with E-state index in [0.29, 0.717) is 10.6 Å². The zero-order valence-corrected chi connectivity index (χ0v) is 14.2. The summed E-state index contributed by atoms with van der Waals surface area (Å²) in [5.41, 5.74) is 3.24. The number of rotatable bonds is 5. The van der Waals surface area contributed by atoms with Gasteiger partial charge in [-0.1, -0.05) is 24.9 Å². The lowest BCUT2D eigenvalue weighted by molar-refractivity contribution is 0.0938. The lowest BCUT2D eigenvalue weighted by Gasteiger charge is -2.13. The number of halogens is 1. The molecule has 22 heavy (non-hydrogen) atoms. The number of aromatic nitrogens is 2. The normalized spacial score (nSPS) is 12.2. The molecular formula is C17H22ClN3O. The van der Waals surface area contributed by atoms with Crippen molar-refractivity contribution < 1.29 is 4.79 Å². The molecule has 1 atom stereocenters. The lowest BCUT2D eigenvalue weighted by atomic mass is 10.1. The quantitative estimate of drug-likeness (QED) is 0.903. The molecule has 0 aliphatic rings. The number of aryl methyl sites for hydroxylation is 1. The van der Waals surface area contributed by atoms with Crippen molar-refractivity contribution in [1.29, 1.82) is 0 Å². The van der Waals surface area contributed by atoms with Crippen LogP contribution in [-0.4, -0.2) is 21.7 Å². The third-order valence-corrected chi connectivity index (χ3v) is 4.22. The third-order valence-electron chi connectivity index (χ3n) is 3.68. The lowest BCUT2D eigenvalue weighted by Crippen LogP contribution is -2.32. The number of carbonyl (C=O) groups is 1. The van der Waals surface area contributed by atoms with Gasteiger partial charge in [-0.15, -0.1) is 0 Å². The van der Waals surface area contributed by atoms with Gasteiger partial charge in [-0.2, -0.15) is 5.10 Å². The maximum atomic E-state index is 12.1. The smallest absolute Gasteiger partial charge is 0.251 e. The van der Waals surface area contributed by atoms with Gasteiger partial charge in [0, 0.05) is 11.6 Å². The minimum absolute atomic E-state index is 0.0427. The van der Waals surface area contributed by atoms with Crippen molar-refractivity contribution in [2.75, 3.05) is 0 Å². The number of nitrogens with one attached hydrogen (secondary N) is 1. The van der Waals surface area contributed by atoms with Crippen molar-refractivity contribution in [2.45, 2.75) is 46.6 Å². The number of nitrogens with zero attached hydrogens (tertiary/aromatic N) is 2. The van der Waals surface area contributed by atoms with Gasteiger partial charge in [0.2, 0.25) is 0 Å². The van der Waals surface area contributed by atoms with Crippen LogP contribution in [-0.2, 0) is 0 Å². The largest absolute Gasteiger partial charge is 0.350 e. The van der Waals surface area contributed by atoms with Crippen molar-refractivity contribution in [2.24, 2.45) is 0 Å². The van der Waals surface area contributed by atoms with Crippen LogP contribution in [0.15, 0.2) is 24.3 Å². The van der Waals surface area contributed by atoms with Gasteiger partial charge < -0.3 is 5.32 Å². The Bertz CT molecular complexity index is 661. The van der Waals surface area contributed by atoms with Gasteiger partial charge in [0.15, 0.2) is 0 Å². The van der Waals surface area contributed by atoms with Crippen LogP contribution in [0.2, 0.25) is 5.02 Å². The summed E-state index contributed by atoms with van der Waals surface area (Å²) in [6.07, 6.45) is 2.03. The zero-order chi connectivity index (χ0) is 16.3. The molecule has 0 radical (unpaired) electrons. The summed E-state index contributed by atoms with van der Waals surface area (Å²) in [5, 5.41) is 8.09. The van der Waals surface area contributed by atoms with Crippen LogP contribution in [0.1, 0.15) is 48.4 Å². The van der Waals surface area contributed by atoms with E-state index in [1.165, 1.54) is 0 Å². The summed E-state index contributed by atoms with van der Waals surface area (Å²) in [4.78, 5) is 12.1. The molecule has 0 bridgehead atoms. The highest BCUT2D eigenvalue weighted by Crippen LogP contribution is 2.22. The minimum Gasteiger partial charge on any atom is -0.350 e. The maximum Gasteiger partial charge on any atom is 0.251 e. The van der Waals surface area contributed by atoms with E-state index in [4.69, 9.17) is 11.6 Å². The summed E-state index contributed by atoms with van der Waals surface area (Å²) in [5.74, 6) is -0.0427. The Hall–Kier alpha value is -1.81. The van der Waals surface area contributed by atoms with Crippen LogP contribution in [0.4, 0.5) is 0 Å². The van der Waals surface area contributed by atoms with Crippen LogP contribution in [0, 0.1) is 13.8 Å². The molecule has 1 N–H and O–H groups in total. The van der Waals surface area contributed by atoms with Crippen LogP contribution >= 0.6 is 11.6 Å². The second-order valence-corrected chi connectivity index (χ2v) is 5.98. The fourth-order valence-electron chi connectivity index (χ4n) is 2.44. The number of benzene rings is 1. The highest BCUT2D eigenvalue weighted by molar-refractivity contribution is 6.31. The van der Waals surface area contributed by atoms with Gasteiger partial charge in [-0.3, -0.25) is 4.79 Å². The monoisotopic (exact) mass is 319 g/mol. The van der Waals surface area contributed by atoms with Gasteiger partial charge in [-0.05, 0) is 51.5 Å². The predicted octanol–water partition coefficient (Wildman–Crippen LogP) is 4.06. The van der Waals surface area contributed by atoms with Gasteiger partial charge in [-0.25, -0.2) is 4.68 Å². The predicted molar refractivity (Wildman–Crippen MR) is 89.9 cm³/mol. The van der Waals surface area contributed by atoms with Crippen molar-refractivity contribution in [3.63, 3.8) is 0 Å². The number of hydrogen-bond acceptors (Lipinski definition) is 2. The molecule has 0 aliphatic carbocycles. The Balaban J connectivity index is 2.16. The molecule has 5 heteroatoms. The van der Waals surface area contributed by atoms with Crippen LogP contribution in [0.5, 0.6) is 0 Å². The van der Waals surface area contributed by atoms with E-state index in [0.717, 1.165) is 29.9 Å². The van der Waals surface area contributed by atoms with E-state index in [1.807, 2.05) is 45.0 Å². The molecule has 0 saturated carbocycles. The second kappa shape index (κ2) is 6.97. The Morgan fingerprint density at radius 2 is 1.95 bits per heavy atom. The molecule has 0 aliphatic heterocycles. The number of hydrogen-bond donors (Lipinski definition) is 1. The van der Waals surface area contributed by atoms with Crippen molar-refractivity contribution in [3.05, 3.63) is 46.2 Å². The van der Waals surface area contributed by atoms with Crippen LogP contribution < -0.4 is 5.32 Å². The fraction of sp³-hybridized carbons (Fsp3) is 0.412. The molecule has 0 spiro atoms. The first-order valence-corrected chi connectivity index (χ1v) is 7.94. The SMILES string of the molecule is CCCC(C)NC(=O)c1ccc(-n2nc(C)c(Cl)c2C)cc1. The second-order valence-electron chi connectivity index (χ2n) is 5.61. The fourth-order valence-corrected chi connectivity index (χ4v) is 2.56. The van der Waals surface area contributed by atoms with E-state index < -0.39 is 0 Å². The first-order valence-electron chi connectivity index (χ1n) is 7.57. The van der Waals surface area contributed by atoms with Gasteiger partial charge in [0.1, 0.15) is 0 Å². The molecule has 0 saturated heterocycles. The molecular weight excluding hydrogens is 298 g/mol. The Morgan fingerprint density at radius 3 is 2.45 bits per heavy atom. The van der Waals surface area contributed by atoms with E-state index in [1.54, 1.807) is 4.68 Å². The first kappa shape index (κ1) is 16.6. The minimum atomic E-state index is -0.0427. The molecule has 118 valence electrons. The molecule has 2 aromatic rings. The molecule has 1 heterocycles. The molecule has 0 fully saturated rings. The molecule has 2 rings (SSSR count). The van der Waals surface area contributed by atoms with Crippen molar-refractivity contribution in [3.8, 4) is 5.69 Å². The van der Waals surface area contributed by atoms with Crippen LogP contribution in [0.25, 0.3) is 5.69 Å². The van der Waals surface area contributed by atoms with Gasteiger partial charge >= 0.3 is 0 Å². The van der Waals surface area contributed by atoms with E-state index in [-0.39, 0.29) is 11.9 Å². The average molecular weight is 320 g/mol. The van der Waals surface area contributed by atoms with Gasteiger partial charge in [0.05, 0.1) is 22.1 Å². The summed E-state index contributed by atoms with van der Waals surface area (Å²) in [6, 6.07) is 7.58. The Labute approximate surface area is 136 Å². The molecule has 1 unspecified atom stereocenters. The van der Waals surface area contributed by atoms with E-state index in [2.05, 4.69) is 17.3 Å². The summed E-state index contributed by atoms with van der Waals surface area (Å²) >= 11 is 6.17. The third kappa shape index (κ3) is 3.50. The zero-order valence-electron chi connectivity index (χ0n) is 13.5.